The van der Waals surface area contributed by atoms with E-state index in [0.717, 1.165) is 13.1 Å². The summed E-state index contributed by atoms with van der Waals surface area (Å²) < 4.78 is 10.1. The third kappa shape index (κ3) is 5.63. The number of hydrogen-bond acceptors (Lipinski definition) is 9. The molecule has 10 nitrogen and oxygen atoms in total. The molecule has 0 aliphatic carbocycles. The molecule has 34 heavy (non-hydrogen) atoms. The van der Waals surface area contributed by atoms with Crippen molar-refractivity contribution in [2.45, 2.75) is 39.7 Å². The number of hydrogen-bond donors (Lipinski definition) is 1. The molecule has 1 aliphatic heterocycles. The number of β-amino-alcohol motifs (C(OH)–C–C–N with tert-alkyl or cyclic N) is 1. The maximum Gasteiger partial charge on any atom is 0.336 e. The molecule has 1 aliphatic rings. The van der Waals surface area contributed by atoms with Gasteiger partial charge in [0.2, 0.25) is 0 Å². The molecule has 1 aromatic carbocycles. The van der Waals surface area contributed by atoms with Gasteiger partial charge in [-0.15, -0.1) is 0 Å². The average Bonchev–Trinajstić information content (AvgIpc) is 2.83. The minimum Gasteiger partial charge on any atom is -0.466 e. The molecule has 0 spiro atoms. The van der Waals surface area contributed by atoms with Crippen molar-refractivity contribution in [3.8, 4) is 0 Å². The van der Waals surface area contributed by atoms with E-state index < -0.39 is 28.9 Å². The van der Waals surface area contributed by atoms with E-state index in [9.17, 15) is 24.8 Å². The molecule has 10 heteroatoms. The Bertz CT molecular complexity index is 958. The molecule has 186 valence electrons. The van der Waals surface area contributed by atoms with Gasteiger partial charge in [0.25, 0.3) is 5.69 Å². The smallest absolute Gasteiger partial charge is 0.336 e. The first-order valence-electron chi connectivity index (χ1n) is 11.1. The molecule has 1 atom stereocenters. The van der Waals surface area contributed by atoms with Gasteiger partial charge >= 0.3 is 11.9 Å². The molecular weight excluding hydrogens is 442 g/mol. The molecule has 0 aromatic heterocycles. The van der Waals surface area contributed by atoms with Gasteiger partial charge in [-0.05, 0) is 32.5 Å². The highest BCUT2D eigenvalue weighted by molar-refractivity contribution is 5.99. The Morgan fingerprint density at radius 3 is 2.09 bits per heavy atom. The fraction of sp³-hybridized carbons (Fsp3) is 0.500. The zero-order chi connectivity index (χ0) is 25.6. The summed E-state index contributed by atoms with van der Waals surface area (Å²) in [5, 5.41) is 22.2. The number of benzene rings is 1. The highest BCUT2D eigenvalue weighted by atomic mass is 16.6. The molecule has 1 N–H and O–H groups in total. The molecule has 0 radical (unpaired) electrons. The van der Waals surface area contributed by atoms with E-state index in [1.807, 2.05) is 13.8 Å². The summed E-state index contributed by atoms with van der Waals surface area (Å²) >= 11 is 0. The predicted molar refractivity (Wildman–Crippen MR) is 126 cm³/mol. The minimum absolute atomic E-state index is 0.136. The highest BCUT2D eigenvalue weighted by Gasteiger charge is 2.41. The normalized spacial score (nSPS) is 15.6. The number of nitro benzene ring substituents is 1. The Kier molecular flexibility index (Phi) is 9.34. The lowest BCUT2D eigenvalue weighted by Gasteiger charge is -2.39. The van der Waals surface area contributed by atoms with Gasteiger partial charge in [-0.2, -0.15) is 0 Å². The number of nitro groups is 1. The molecule has 0 amide bonds. The number of carbonyl (C=O) groups is 2. The number of aliphatic hydroxyl groups is 1. The third-order valence-corrected chi connectivity index (χ3v) is 6.15. The second-order valence-electron chi connectivity index (χ2n) is 8.02. The van der Waals surface area contributed by atoms with Crippen molar-refractivity contribution >= 4 is 17.6 Å². The molecule has 1 aromatic rings. The summed E-state index contributed by atoms with van der Waals surface area (Å²) in [6, 6.07) is 5.80. The second-order valence-corrected chi connectivity index (χ2v) is 8.02. The van der Waals surface area contributed by atoms with Crippen molar-refractivity contribution in [2.24, 2.45) is 0 Å². The van der Waals surface area contributed by atoms with Crippen LogP contribution in [0.4, 0.5) is 5.69 Å². The number of esters is 2. The van der Waals surface area contributed by atoms with Crippen molar-refractivity contribution in [3.05, 3.63) is 62.5 Å². The maximum atomic E-state index is 13.0. The summed E-state index contributed by atoms with van der Waals surface area (Å²) in [5.74, 6) is -2.28. The van der Waals surface area contributed by atoms with Gasteiger partial charge in [0.15, 0.2) is 0 Å². The van der Waals surface area contributed by atoms with Crippen molar-refractivity contribution in [2.75, 3.05) is 40.4 Å². The Hall–Kier alpha value is -3.24. The standard InChI is InChI=1S/C24H33N3O7/c1-7-25(8-2)13-19(28)14-26-15(3)20(23(29)33-5)22(21(16(26)4)24(30)34-6)17-10-9-11-18(12-17)27(31)32/h9-12,19,22,28H,7-8,13-14H2,1-6H3. The van der Waals surface area contributed by atoms with Gasteiger partial charge in [0, 0.05) is 36.6 Å². The van der Waals surface area contributed by atoms with Gasteiger partial charge in [-0.3, -0.25) is 10.1 Å². The predicted octanol–water partition coefficient (Wildman–Crippen LogP) is 2.59. The molecule has 0 fully saturated rings. The van der Waals surface area contributed by atoms with E-state index in [-0.39, 0.29) is 23.4 Å². The Labute approximate surface area is 199 Å². The average molecular weight is 476 g/mol. The molecule has 1 heterocycles. The van der Waals surface area contributed by atoms with Crippen molar-refractivity contribution < 1.29 is 29.1 Å². The van der Waals surface area contributed by atoms with Crippen LogP contribution in [-0.4, -0.2) is 78.3 Å². The lowest BCUT2D eigenvalue weighted by molar-refractivity contribution is -0.384. The Morgan fingerprint density at radius 1 is 1.12 bits per heavy atom. The molecule has 1 unspecified atom stereocenters. The lowest BCUT2D eigenvalue weighted by Crippen LogP contribution is -2.42. The zero-order valence-electron chi connectivity index (χ0n) is 20.5. The van der Waals surface area contributed by atoms with Gasteiger partial charge in [0.05, 0.1) is 42.3 Å². The van der Waals surface area contributed by atoms with Crippen molar-refractivity contribution in [1.29, 1.82) is 0 Å². The summed E-state index contributed by atoms with van der Waals surface area (Å²) in [5.41, 5.74) is 1.52. The van der Waals surface area contributed by atoms with Crippen LogP contribution in [0.2, 0.25) is 0 Å². The zero-order valence-corrected chi connectivity index (χ0v) is 20.5. The first-order chi connectivity index (χ1) is 16.1. The largest absolute Gasteiger partial charge is 0.466 e. The van der Waals surface area contributed by atoms with Gasteiger partial charge in [-0.25, -0.2) is 9.59 Å². The minimum atomic E-state index is -0.934. The molecule has 2 rings (SSSR count). The molecular formula is C24H33N3O7. The van der Waals surface area contributed by atoms with Gasteiger partial charge in [-0.1, -0.05) is 26.0 Å². The topological polar surface area (TPSA) is 122 Å². The van der Waals surface area contributed by atoms with Gasteiger partial charge in [0.1, 0.15) is 0 Å². The van der Waals surface area contributed by atoms with Crippen LogP contribution in [0, 0.1) is 10.1 Å². The number of rotatable bonds is 10. The first-order valence-corrected chi connectivity index (χ1v) is 11.1. The Morgan fingerprint density at radius 2 is 1.65 bits per heavy atom. The lowest BCUT2D eigenvalue weighted by atomic mass is 9.79. The van der Waals surface area contributed by atoms with Crippen LogP contribution in [0.25, 0.3) is 0 Å². The maximum absolute atomic E-state index is 13.0. The molecule has 0 saturated heterocycles. The number of non-ortho nitro benzene ring substituents is 1. The highest BCUT2D eigenvalue weighted by Crippen LogP contribution is 2.43. The fourth-order valence-corrected chi connectivity index (χ4v) is 4.33. The Balaban J connectivity index is 2.68. The quantitative estimate of drug-likeness (QED) is 0.309. The third-order valence-electron chi connectivity index (χ3n) is 6.15. The number of nitrogens with zero attached hydrogens (tertiary/aromatic N) is 3. The number of likely N-dealkylation sites (N-methyl/N-ethyl adjacent to an activating group) is 1. The van der Waals surface area contributed by atoms with E-state index in [0.29, 0.717) is 23.5 Å². The summed E-state index contributed by atoms with van der Waals surface area (Å²) in [7, 11) is 2.46. The number of methoxy groups -OCH3 is 2. The first kappa shape index (κ1) is 27.0. The summed E-state index contributed by atoms with van der Waals surface area (Å²) in [6.07, 6.45) is -0.767. The van der Waals surface area contributed by atoms with E-state index in [1.165, 1.54) is 32.4 Å². The van der Waals surface area contributed by atoms with Crippen molar-refractivity contribution in [3.63, 3.8) is 0 Å². The van der Waals surface area contributed by atoms with E-state index in [4.69, 9.17) is 9.47 Å². The SMILES string of the molecule is CCN(CC)CC(O)CN1C(C)=C(C(=O)OC)C(c2cccc([N+](=O)[O-])c2)C(C(=O)OC)=C1C. The number of carbonyl (C=O) groups excluding carboxylic acids is 2. The van der Waals surface area contributed by atoms with Crippen LogP contribution < -0.4 is 0 Å². The fourth-order valence-electron chi connectivity index (χ4n) is 4.33. The van der Waals surface area contributed by atoms with Crippen LogP contribution in [0.15, 0.2) is 46.8 Å². The van der Waals surface area contributed by atoms with Crippen LogP contribution in [-0.2, 0) is 19.1 Å². The van der Waals surface area contributed by atoms with Crippen LogP contribution in [0.1, 0.15) is 39.2 Å². The van der Waals surface area contributed by atoms with E-state index in [1.54, 1.807) is 24.8 Å². The summed E-state index contributed by atoms with van der Waals surface area (Å²) in [6.45, 7) is 9.51. The van der Waals surface area contributed by atoms with Crippen LogP contribution in [0.3, 0.4) is 0 Å². The summed E-state index contributed by atoms with van der Waals surface area (Å²) in [4.78, 5) is 40.5. The van der Waals surface area contributed by atoms with Crippen LogP contribution in [0.5, 0.6) is 0 Å². The number of ether oxygens (including phenoxy) is 2. The van der Waals surface area contributed by atoms with Gasteiger partial charge < -0.3 is 24.4 Å². The van der Waals surface area contributed by atoms with E-state index in [2.05, 4.69) is 4.90 Å². The van der Waals surface area contributed by atoms with E-state index >= 15 is 0 Å². The molecule has 0 saturated carbocycles. The number of aliphatic hydroxyl groups excluding tert-OH is 1. The number of allylic oxidation sites excluding steroid dienone is 2. The van der Waals surface area contributed by atoms with Crippen LogP contribution >= 0.6 is 0 Å². The monoisotopic (exact) mass is 475 g/mol. The van der Waals surface area contributed by atoms with Crippen molar-refractivity contribution in [1.82, 2.24) is 9.80 Å². The second kappa shape index (κ2) is 11.8. The molecule has 0 bridgehead atoms.